The fourth-order valence-electron chi connectivity index (χ4n) is 3.53. The van der Waals surface area contributed by atoms with E-state index in [4.69, 9.17) is 19.9 Å². The van der Waals surface area contributed by atoms with Crippen molar-refractivity contribution in [2.75, 3.05) is 0 Å². The van der Waals surface area contributed by atoms with Crippen molar-refractivity contribution < 1.29 is 18.7 Å². The van der Waals surface area contributed by atoms with E-state index in [0.717, 1.165) is 35.4 Å². The normalized spacial score (nSPS) is 16.0. The minimum absolute atomic E-state index is 0.457. The molecule has 1 aliphatic carbocycles. The number of nitrogens with two attached hydrogens (primary N) is 1. The van der Waals surface area contributed by atoms with E-state index in [9.17, 15) is 9.59 Å². The number of fused-ring (bicyclic) bond motifs is 2. The van der Waals surface area contributed by atoms with Crippen LogP contribution in [0.15, 0.2) is 47.1 Å². The summed E-state index contributed by atoms with van der Waals surface area (Å²) in [4.78, 5) is 29.2. The fourth-order valence-corrected chi connectivity index (χ4v) is 3.53. The van der Waals surface area contributed by atoms with Crippen molar-refractivity contribution in [3.8, 4) is 0 Å². The van der Waals surface area contributed by atoms with Crippen molar-refractivity contribution >= 4 is 34.4 Å². The molecule has 142 valence electrons. The average molecular weight is 376 g/mol. The Morgan fingerprint density at radius 2 is 2.04 bits per heavy atom. The van der Waals surface area contributed by atoms with Crippen LogP contribution in [0.2, 0.25) is 0 Å². The first-order valence-electron chi connectivity index (χ1n) is 9.21. The molecule has 6 nitrogen and oxygen atoms in total. The molecule has 2 heterocycles. The van der Waals surface area contributed by atoms with Crippen LogP contribution < -0.4 is 5.73 Å². The molecular formula is C22H20N2O4. The topological polar surface area (TPSA) is 95.4 Å². The number of hydrogen-bond donors (Lipinski definition) is 1. The quantitative estimate of drug-likeness (QED) is 0.700. The van der Waals surface area contributed by atoms with Crippen molar-refractivity contribution in [3.63, 3.8) is 0 Å². The Morgan fingerprint density at radius 3 is 2.79 bits per heavy atom. The van der Waals surface area contributed by atoms with Gasteiger partial charge in [-0.15, -0.1) is 0 Å². The van der Waals surface area contributed by atoms with Crippen LogP contribution in [-0.2, 0) is 16.0 Å². The lowest BCUT2D eigenvalue weighted by Gasteiger charge is -2.22. The number of hydrogen-bond acceptors (Lipinski definition) is 5. The second-order valence-electron chi connectivity index (χ2n) is 6.82. The summed E-state index contributed by atoms with van der Waals surface area (Å²) in [6.45, 7) is 1.47. The highest BCUT2D eigenvalue weighted by molar-refractivity contribution is 6.07. The number of amides is 1. The van der Waals surface area contributed by atoms with Gasteiger partial charge in [-0.1, -0.05) is 18.2 Å². The fraction of sp³-hybridized carbons (Fsp3) is 0.227. The highest BCUT2D eigenvalue weighted by atomic mass is 16.5. The molecule has 1 amide bonds. The van der Waals surface area contributed by atoms with Crippen molar-refractivity contribution in [1.82, 2.24) is 4.98 Å². The molecule has 1 aliphatic rings. The highest BCUT2D eigenvalue weighted by Gasteiger charge is 2.27. The number of primary amides is 1. The summed E-state index contributed by atoms with van der Waals surface area (Å²) in [5.74, 6) is -0.497. The summed E-state index contributed by atoms with van der Waals surface area (Å²) in [5, 5.41) is 0.710. The number of benzene rings is 1. The Bertz CT molecular complexity index is 1080. The van der Waals surface area contributed by atoms with Crippen LogP contribution in [0.4, 0.5) is 0 Å². The van der Waals surface area contributed by atoms with Gasteiger partial charge in [-0.3, -0.25) is 4.79 Å². The van der Waals surface area contributed by atoms with E-state index in [-0.39, 0.29) is 0 Å². The lowest BCUT2D eigenvalue weighted by Crippen LogP contribution is -2.31. The van der Waals surface area contributed by atoms with Crippen LogP contribution in [0.5, 0.6) is 0 Å². The molecule has 0 spiro atoms. The highest BCUT2D eigenvalue weighted by Crippen LogP contribution is 2.36. The number of esters is 1. The van der Waals surface area contributed by atoms with Crippen LogP contribution in [0, 0.1) is 0 Å². The maximum absolute atomic E-state index is 13.0. The van der Waals surface area contributed by atoms with Crippen molar-refractivity contribution in [3.05, 3.63) is 65.2 Å². The van der Waals surface area contributed by atoms with Gasteiger partial charge in [-0.2, -0.15) is 0 Å². The van der Waals surface area contributed by atoms with Crippen LogP contribution in [0.25, 0.3) is 22.6 Å². The summed E-state index contributed by atoms with van der Waals surface area (Å²) in [6.07, 6.45) is 5.00. The summed E-state index contributed by atoms with van der Waals surface area (Å²) >= 11 is 0. The van der Waals surface area contributed by atoms with E-state index in [2.05, 4.69) is 0 Å². The average Bonchev–Trinajstić information content (AvgIpc) is 3.19. The number of para-hydroxylation sites is 1. The Balaban J connectivity index is 1.89. The molecule has 0 fully saturated rings. The van der Waals surface area contributed by atoms with Gasteiger partial charge in [0.05, 0.1) is 23.0 Å². The monoisotopic (exact) mass is 376 g/mol. The number of ether oxygens (including phenoxy) is 1. The number of rotatable bonds is 4. The minimum Gasteiger partial charge on any atom is -0.465 e. The van der Waals surface area contributed by atoms with Crippen LogP contribution >= 0.6 is 0 Å². The van der Waals surface area contributed by atoms with Gasteiger partial charge in [-0.05, 0) is 61.6 Å². The van der Waals surface area contributed by atoms with Gasteiger partial charge in [0, 0.05) is 5.39 Å². The molecule has 1 atom stereocenters. The Labute approximate surface area is 162 Å². The van der Waals surface area contributed by atoms with Crippen molar-refractivity contribution in [2.45, 2.75) is 32.3 Å². The molecule has 2 N–H and O–H groups in total. The van der Waals surface area contributed by atoms with Gasteiger partial charge in [0.25, 0.3) is 5.91 Å². The van der Waals surface area contributed by atoms with E-state index in [1.54, 1.807) is 6.26 Å². The number of allylic oxidation sites excluding steroid dienone is 1. The third-order valence-electron chi connectivity index (χ3n) is 4.92. The van der Waals surface area contributed by atoms with E-state index in [0.29, 0.717) is 22.9 Å². The maximum atomic E-state index is 13.0. The number of carbonyl (C=O) groups excluding carboxylic acids is 2. The Hall–Kier alpha value is -3.41. The molecule has 3 aromatic rings. The molecule has 0 unspecified atom stereocenters. The summed E-state index contributed by atoms with van der Waals surface area (Å²) in [7, 11) is 0. The Morgan fingerprint density at radius 1 is 1.21 bits per heavy atom. The third-order valence-corrected chi connectivity index (χ3v) is 4.92. The van der Waals surface area contributed by atoms with Gasteiger partial charge in [0.15, 0.2) is 6.10 Å². The standard InChI is InChI=1S/C22H20N2O4/c1-13(21(23)25)28-22(26)19-16-8-2-3-10-18(16)24-20-14(6-4-9-17(19)20)12-15-7-5-11-27-15/h2-3,5,7-8,10-13H,4,6,9H2,1H3,(H2,23,25)/b14-12-/t13-/m0/s1. The lowest BCUT2D eigenvalue weighted by atomic mass is 9.86. The molecule has 0 saturated heterocycles. The minimum atomic E-state index is -1.00. The molecule has 28 heavy (non-hydrogen) atoms. The number of aromatic nitrogens is 1. The zero-order valence-electron chi connectivity index (χ0n) is 15.5. The van der Waals surface area contributed by atoms with Crippen molar-refractivity contribution in [2.24, 2.45) is 5.73 Å². The zero-order valence-corrected chi connectivity index (χ0v) is 15.5. The first-order chi connectivity index (χ1) is 13.5. The van der Waals surface area contributed by atoms with E-state index in [1.165, 1.54) is 6.92 Å². The smallest absolute Gasteiger partial charge is 0.339 e. The van der Waals surface area contributed by atoms with Crippen LogP contribution in [-0.4, -0.2) is 23.0 Å². The van der Waals surface area contributed by atoms with Gasteiger partial charge in [0.2, 0.25) is 0 Å². The third kappa shape index (κ3) is 3.29. The number of carbonyl (C=O) groups is 2. The van der Waals surface area contributed by atoms with Gasteiger partial charge >= 0.3 is 5.97 Å². The van der Waals surface area contributed by atoms with Gasteiger partial charge in [0.1, 0.15) is 5.76 Å². The van der Waals surface area contributed by atoms with Crippen LogP contribution in [0.3, 0.4) is 0 Å². The molecule has 0 bridgehead atoms. The van der Waals surface area contributed by atoms with E-state index >= 15 is 0 Å². The van der Waals surface area contributed by atoms with Gasteiger partial charge in [-0.25, -0.2) is 9.78 Å². The summed E-state index contributed by atoms with van der Waals surface area (Å²) in [5.41, 5.74) is 9.05. The molecule has 6 heteroatoms. The number of nitrogens with zero attached hydrogens (tertiary/aromatic N) is 1. The molecular weight excluding hydrogens is 356 g/mol. The first-order valence-corrected chi connectivity index (χ1v) is 9.21. The van der Waals surface area contributed by atoms with E-state index < -0.39 is 18.0 Å². The second-order valence-corrected chi connectivity index (χ2v) is 6.82. The summed E-state index contributed by atoms with van der Waals surface area (Å²) < 4.78 is 10.8. The second kappa shape index (κ2) is 7.31. The number of pyridine rings is 1. The molecule has 0 aliphatic heterocycles. The predicted molar refractivity (Wildman–Crippen MR) is 105 cm³/mol. The molecule has 4 rings (SSSR count). The largest absolute Gasteiger partial charge is 0.465 e. The summed E-state index contributed by atoms with van der Waals surface area (Å²) in [6, 6.07) is 11.2. The zero-order chi connectivity index (χ0) is 19.7. The lowest BCUT2D eigenvalue weighted by molar-refractivity contribution is -0.125. The molecule has 1 aromatic carbocycles. The number of furan rings is 1. The molecule has 2 aromatic heterocycles. The Kier molecular flexibility index (Phi) is 4.69. The van der Waals surface area contributed by atoms with E-state index in [1.807, 2.05) is 42.5 Å². The molecule has 0 radical (unpaired) electrons. The van der Waals surface area contributed by atoms with Crippen molar-refractivity contribution in [1.29, 1.82) is 0 Å². The molecule has 0 saturated carbocycles. The predicted octanol–water partition coefficient (Wildman–Crippen LogP) is 3.74. The SMILES string of the molecule is C[C@H](OC(=O)c1c2c(nc3ccccc13)/C(=C\c1ccco1)CCC2)C(N)=O. The van der Waals surface area contributed by atoms with Gasteiger partial charge < -0.3 is 14.9 Å². The maximum Gasteiger partial charge on any atom is 0.339 e. The first kappa shape index (κ1) is 18.0. The van der Waals surface area contributed by atoms with Crippen LogP contribution in [0.1, 0.15) is 47.1 Å².